The number of sulfone groups is 1. The number of benzene rings is 1. The van der Waals surface area contributed by atoms with Crippen molar-refractivity contribution in [3.63, 3.8) is 0 Å². The average Bonchev–Trinajstić information content (AvgIpc) is 2.37. The predicted octanol–water partition coefficient (Wildman–Crippen LogP) is 2.84. The van der Waals surface area contributed by atoms with Crippen molar-refractivity contribution in [2.24, 2.45) is 0 Å². The van der Waals surface area contributed by atoms with Gasteiger partial charge in [-0.1, -0.05) is 22.0 Å². The highest BCUT2D eigenvalue weighted by molar-refractivity contribution is 9.08. The number of hydrogen-bond donors (Lipinski definition) is 0. The molecule has 20 heavy (non-hydrogen) atoms. The highest BCUT2D eigenvalue weighted by atomic mass is 79.9. The van der Waals surface area contributed by atoms with Gasteiger partial charge in [-0.2, -0.15) is 13.2 Å². The van der Waals surface area contributed by atoms with Crippen molar-refractivity contribution < 1.29 is 21.6 Å². The van der Waals surface area contributed by atoms with Crippen LogP contribution in [0.3, 0.4) is 0 Å². The number of rotatable bonds is 2. The van der Waals surface area contributed by atoms with Crippen LogP contribution in [0.5, 0.6) is 0 Å². The van der Waals surface area contributed by atoms with Gasteiger partial charge in [-0.15, -0.1) is 0 Å². The van der Waals surface area contributed by atoms with E-state index in [-0.39, 0.29) is 35.5 Å². The molecule has 1 aliphatic rings. The standard InChI is InChI=1S/C12H13BrF3NO2S/c13-8-9-1-2-10(7-11(9)12(14,15)16)17-3-5-20(18,19)6-4-17/h1-2,7H,3-6,8H2. The topological polar surface area (TPSA) is 37.4 Å². The van der Waals surface area contributed by atoms with Crippen molar-refractivity contribution in [3.8, 4) is 0 Å². The first kappa shape index (κ1) is 15.6. The maximum atomic E-state index is 13.0. The molecule has 3 nitrogen and oxygen atoms in total. The van der Waals surface area contributed by atoms with Crippen LogP contribution in [0, 0.1) is 0 Å². The molecule has 1 saturated heterocycles. The van der Waals surface area contributed by atoms with Crippen LogP contribution in [0.2, 0.25) is 0 Å². The quantitative estimate of drug-likeness (QED) is 0.750. The Bertz CT molecular complexity index is 587. The molecular formula is C12H13BrF3NO2S. The van der Waals surface area contributed by atoms with E-state index in [9.17, 15) is 21.6 Å². The SMILES string of the molecule is O=S1(=O)CCN(c2ccc(CBr)c(C(F)(F)F)c2)CC1. The van der Waals surface area contributed by atoms with E-state index in [0.717, 1.165) is 6.07 Å². The molecule has 0 aliphatic carbocycles. The highest BCUT2D eigenvalue weighted by Crippen LogP contribution is 2.35. The van der Waals surface area contributed by atoms with Gasteiger partial charge in [-0.25, -0.2) is 8.42 Å². The van der Waals surface area contributed by atoms with Gasteiger partial charge in [0.05, 0.1) is 17.1 Å². The second-order valence-corrected chi connectivity index (χ2v) is 7.48. The molecule has 8 heteroatoms. The lowest BCUT2D eigenvalue weighted by Crippen LogP contribution is -2.40. The Kier molecular flexibility index (Phi) is 4.34. The molecule has 1 fully saturated rings. The Balaban J connectivity index is 2.30. The van der Waals surface area contributed by atoms with Crippen LogP contribution in [0.15, 0.2) is 18.2 Å². The molecular weight excluding hydrogens is 359 g/mol. The maximum absolute atomic E-state index is 13.0. The Morgan fingerprint density at radius 3 is 2.30 bits per heavy atom. The molecule has 0 saturated carbocycles. The number of nitrogens with zero attached hydrogens (tertiary/aromatic N) is 1. The summed E-state index contributed by atoms with van der Waals surface area (Å²) in [6.45, 7) is 0.459. The summed E-state index contributed by atoms with van der Waals surface area (Å²) in [6, 6.07) is 4.12. The van der Waals surface area contributed by atoms with Gasteiger partial charge < -0.3 is 4.90 Å². The largest absolute Gasteiger partial charge is 0.416 e. The van der Waals surface area contributed by atoms with Crippen molar-refractivity contribution in [2.45, 2.75) is 11.5 Å². The fourth-order valence-corrected chi connectivity index (χ4v) is 3.80. The van der Waals surface area contributed by atoms with Crippen molar-refractivity contribution in [1.82, 2.24) is 0 Å². The van der Waals surface area contributed by atoms with Crippen molar-refractivity contribution in [1.29, 1.82) is 0 Å². The molecule has 1 aliphatic heterocycles. The van der Waals surface area contributed by atoms with E-state index in [0.29, 0.717) is 5.69 Å². The van der Waals surface area contributed by atoms with Gasteiger partial charge in [0.15, 0.2) is 9.84 Å². The van der Waals surface area contributed by atoms with Gasteiger partial charge in [0.1, 0.15) is 0 Å². The molecule has 1 heterocycles. The molecule has 2 rings (SSSR count). The summed E-state index contributed by atoms with van der Waals surface area (Å²) in [5.74, 6) is -0.0386. The van der Waals surface area contributed by atoms with Crippen molar-refractivity contribution in [3.05, 3.63) is 29.3 Å². The normalized spacial score (nSPS) is 19.1. The molecule has 0 bridgehead atoms. The Hall–Kier alpha value is -0.760. The monoisotopic (exact) mass is 371 g/mol. The van der Waals surface area contributed by atoms with Crippen molar-refractivity contribution in [2.75, 3.05) is 29.5 Å². The zero-order valence-electron chi connectivity index (χ0n) is 10.5. The first-order valence-corrected chi connectivity index (χ1v) is 8.89. The second kappa shape index (κ2) is 5.55. The minimum atomic E-state index is -4.42. The van der Waals surface area contributed by atoms with Gasteiger partial charge >= 0.3 is 6.18 Å². The van der Waals surface area contributed by atoms with Crippen LogP contribution >= 0.6 is 15.9 Å². The summed E-state index contributed by atoms with van der Waals surface area (Å²) in [5, 5.41) is 0.122. The molecule has 1 aromatic carbocycles. The first-order chi connectivity index (χ1) is 9.23. The van der Waals surface area contributed by atoms with E-state index >= 15 is 0 Å². The summed E-state index contributed by atoms with van der Waals surface area (Å²) >= 11 is 3.04. The zero-order chi connectivity index (χ0) is 15.0. The van der Waals surface area contributed by atoms with Gasteiger partial charge in [-0.05, 0) is 17.7 Å². The molecule has 0 aromatic heterocycles. The third-order valence-electron chi connectivity index (χ3n) is 3.25. The van der Waals surface area contributed by atoms with E-state index < -0.39 is 21.6 Å². The van der Waals surface area contributed by atoms with Crippen LogP contribution in [-0.2, 0) is 21.3 Å². The van der Waals surface area contributed by atoms with E-state index in [4.69, 9.17) is 0 Å². The van der Waals surface area contributed by atoms with Crippen molar-refractivity contribution >= 4 is 31.5 Å². The molecule has 0 spiro atoms. The maximum Gasteiger partial charge on any atom is 0.416 e. The highest BCUT2D eigenvalue weighted by Gasteiger charge is 2.34. The third-order valence-corrected chi connectivity index (χ3v) is 5.47. The van der Waals surface area contributed by atoms with Crippen LogP contribution in [0.25, 0.3) is 0 Å². The van der Waals surface area contributed by atoms with Crippen LogP contribution in [-0.4, -0.2) is 33.0 Å². The first-order valence-electron chi connectivity index (χ1n) is 5.94. The van der Waals surface area contributed by atoms with Crippen LogP contribution < -0.4 is 4.90 Å². The molecule has 0 radical (unpaired) electrons. The Morgan fingerprint density at radius 2 is 1.80 bits per heavy atom. The average molecular weight is 372 g/mol. The Labute approximate surface area is 123 Å². The lowest BCUT2D eigenvalue weighted by atomic mass is 10.1. The number of halogens is 4. The van der Waals surface area contributed by atoms with Gasteiger partial charge in [0.2, 0.25) is 0 Å². The molecule has 0 amide bonds. The summed E-state index contributed by atoms with van der Waals surface area (Å²) in [4.78, 5) is 1.67. The number of anilines is 1. The minimum Gasteiger partial charge on any atom is -0.369 e. The minimum absolute atomic E-state index is 0.0193. The lowest BCUT2D eigenvalue weighted by Gasteiger charge is -2.29. The van der Waals surface area contributed by atoms with Gasteiger partial charge in [0, 0.05) is 24.1 Å². The lowest BCUT2D eigenvalue weighted by molar-refractivity contribution is -0.138. The molecule has 0 unspecified atom stereocenters. The third kappa shape index (κ3) is 3.46. The number of hydrogen-bond acceptors (Lipinski definition) is 3. The smallest absolute Gasteiger partial charge is 0.369 e. The second-order valence-electron chi connectivity index (χ2n) is 4.61. The fraction of sp³-hybridized carbons (Fsp3) is 0.500. The van der Waals surface area contributed by atoms with Gasteiger partial charge in [-0.3, -0.25) is 0 Å². The van der Waals surface area contributed by atoms with Crippen LogP contribution in [0.1, 0.15) is 11.1 Å². The molecule has 1 aromatic rings. The molecule has 0 N–H and O–H groups in total. The summed E-state index contributed by atoms with van der Waals surface area (Å²) in [6.07, 6.45) is -4.42. The molecule has 112 valence electrons. The summed E-state index contributed by atoms with van der Waals surface area (Å²) in [5.41, 5.74) is -0.0943. The summed E-state index contributed by atoms with van der Waals surface area (Å²) in [7, 11) is -3.05. The van der Waals surface area contributed by atoms with E-state index in [1.165, 1.54) is 6.07 Å². The van der Waals surface area contributed by atoms with E-state index in [1.54, 1.807) is 11.0 Å². The van der Waals surface area contributed by atoms with Crippen LogP contribution in [0.4, 0.5) is 18.9 Å². The Morgan fingerprint density at radius 1 is 1.20 bits per heavy atom. The fourth-order valence-electron chi connectivity index (χ4n) is 2.11. The number of alkyl halides is 4. The molecule has 0 atom stereocenters. The predicted molar refractivity (Wildman–Crippen MR) is 74.9 cm³/mol. The zero-order valence-corrected chi connectivity index (χ0v) is 12.9. The summed E-state index contributed by atoms with van der Waals surface area (Å²) < 4.78 is 61.6. The van der Waals surface area contributed by atoms with E-state index in [1.807, 2.05) is 0 Å². The van der Waals surface area contributed by atoms with Gasteiger partial charge in [0.25, 0.3) is 0 Å². The van der Waals surface area contributed by atoms with E-state index in [2.05, 4.69) is 15.9 Å².